The van der Waals surface area contributed by atoms with Crippen molar-refractivity contribution in [2.24, 2.45) is 11.1 Å². The summed E-state index contributed by atoms with van der Waals surface area (Å²) in [6, 6.07) is 7.04. The van der Waals surface area contributed by atoms with Gasteiger partial charge < -0.3 is 5.32 Å². The summed E-state index contributed by atoms with van der Waals surface area (Å²) in [7, 11) is -3.60. The quantitative estimate of drug-likeness (QED) is 0.877. The molecule has 112 valence electrons. The lowest BCUT2D eigenvalue weighted by Gasteiger charge is -2.24. The van der Waals surface area contributed by atoms with E-state index in [9.17, 15) is 8.42 Å². The van der Waals surface area contributed by atoms with Crippen LogP contribution in [0, 0.1) is 5.92 Å². The predicted octanol–water partition coefficient (Wildman–Crippen LogP) is 2.56. The zero-order chi connectivity index (χ0) is 14.6. The lowest BCUT2D eigenvalue weighted by Crippen LogP contribution is -2.27. The molecule has 1 aliphatic carbocycles. The van der Waals surface area contributed by atoms with Crippen molar-refractivity contribution in [1.82, 2.24) is 5.32 Å². The Labute approximate surface area is 121 Å². The van der Waals surface area contributed by atoms with Crippen molar-refractivity contribution in [3.8, 4) is 0 Å². The molecule has 2 rings (SSSR count). The number of rotatable bonds is 5. The molecule has 5 heteroatoms. The van der Waals surface area contributed by atoms with Crippen molar-refractivity contribution in [2.45, 2.75) is 50.0 Å². The van der Waals surface area contributed by atoms with Crippen LogP contribution in [-0.4, -0.2) is 15.0 Å². The van der Waals surface area contributed by atoms with Crippen LogP contribution >= 0.6 is 0 Å². The molecular formula is C15H24N2O2S. The second-order valence-corrected chi connectivity index (χ2v) is 7.31. The van der Waals surface area contributed by atoms with Crippen LogP contribution in [0.3, 0.4) is 0 Å². The van der Waals surface area contributed by atoms with Crippen molar-refractivity contribution in [3.05, 3.63) is 29.8 Å². The summed E-state index contributed by atoms with van der Waals surface area (Å²) in [5.74, 6) is 0.787. The molecule has 1 atom stereocenters. The number of benzene rings is 1. The van der Waals surface area contributed by atoms with Gasteiger partial charge in [-0.25, -0.2) is 13.6 Å². The highest BCUT2D eigenvalue weighted by atomic mass is 32.2. The monoisotopic (exact) mass is 296 g/mol. The second kappa shape index (κ2) is 6.70. The summed E-state index contributed by atoms with van der Waals surface area (Å²) in [5.41, 5.74) is 1.09. The van der Waals surface area contributed by atoms with Gasteiger partial charge in [-0.05, 0) is 49.9 Å². The van der Waals surface area contributed by atoms with E-state index in [4.69, 9.17) is 5.14 Å². The molecular weight excluding hydrogens is 272 g/mol. The molecule has 0 bridgehead atoms. The van der Waals surface area contributed by atoms with E-state index < -0.39 is 10.0 Å². The minimum absolute atomic E-state index is 0.167. The van der Waals surface area contributed by atoms with Crippen LogP contribution < -0.4 is 10.5 Å². The molecule has 3 N–H and O–H groups in total. The van der Waals surface area contributed by atoms with Gasteiger partial charge in [0.15, 0.2) is 0 Å². The average molecular weight is 296 g/mol. The summed E-state index contributed by atoms with van der Waals surface area (Å²) in [5, 5.41) is 8.64. The van der Waals surface area contributed by atoms with Crippen molar-refractivity contribution in [3.63, 3.8) is 0 Å². The molecule has 0 spiro atoms. The van der Waals surface area contributed by atoms with Crippen LogP contribution in [0.2, 0.25) is 0 Å². The minimum Gasteiger partial charge on any atom is -0.310 e. The Morgan fingerprint density at radius 1 is 1.20 bits per heavy atom. The van der Waals surface area contributed by atoms with Crippen LogP contribution in [-0.2, 0) is 10.0 Å². The first-order chi connectivity index (χ1) is 9.47. The van der Waals surface area contributed by atoms with E-state index >= 15 is 0 Å². The Morgan fingerprint density at radius 3 is 2.35 bits per heavy atom. The highest BCUT2D eigenvalue weighted by Crippen LogP contribution is 2.24. The van der Waals surface area contributed by atoms with E-state index in [1.54, 1.807) is 12.1 Å². The molecule has 0 heterocycles. The number of primary sulfonamides is 1. The van der Waals surface area contributed by atoms with Crippen LogP contribution in [0.1, 0.15) is 50.6 Å². The molecule has 1 aromatic rings. The fraction of sp³-hybridized carbons (Fsp3) is 0.600. The van der Waals surface area contributed by atoms with Crippen LogP contribution in [0.5, 0.6) is 0 Å². The van der Waals surface area contributed by atoms with Crippen LogP contribution in [0.25, 0.3) is 0 Å². The van der Waals surface area contributed by atoms with Gasteiger partial charge in [-0.1, -0.05) is 31.4 Å². The van der Waals surface area contributed by atoms with Gasteiger partial charge in [0.25, 0.3) is 0 Å². The lowest BCUT2D eigenvalue weighted by atomic mass is 9.89. The summed E-state index contributed by atoms with van der Waals surface area (Å²) in [4.78, 5) is 0.167. The van der Waals surface area contributed by atoms with E-state index in [1.807, 2.05) is 12.1 Å². The average Bonchev–Trinajstić information content (AvgIpc) is 2.45. The largest absolute Gasteiger partial charge is 0.310 e. The van der Waals surface area contributed by atoms with Gasteiger partial charge in [0.2, 0.25) is 10.0 Å². The molecule has 1 aliphatic rings. The SMILES string of the molecule is CC(NCC1CCCCC1)c1ccc(S(N)(=O)=O)cc1. The molecule has 0 radical (unpaired) electrons. The Morgan fingerprint density at radius 2 is 1.80 bits per heavy atom. The van der Waals surface area contributed by atoms with Gasteiger partial charge in [0.05, 0.1) is 4.90 Å². The first-order valence-corrected chi connectivity index (χ1v) is 8.87. The molecule has 1 saturated carbocycles. The van der Waals surface area contributed by atoms with Gasteiger partial charge in [-0.2, -0.15) is 0 Å². The van der Waals surface area contributed by atoms with Crippen molar-refractivity contribution in [2.75, 3.05) is 6.54 Å². The fourth-order valence-corrected chi connectivity index (χ4v) is 3.31. The molecule has 0 saturated heterocycles. The highest BCUT2D eigenvalue weighted by molar-refractivity contribution is 7.89. The predicted molar refractivity (Wildman–Crippen MR) is 80.8 cm³/mol. The van der Waals surface area contributed by atoms with Crippen molar-refractivity contribution in [1.29, 1.82) is 0 Å². The van der Waals surface area contributed by atoms with Gasteiger partial charge in [-0.3, -0.25) is 0 Å². The molecule has 0 aliphatic heterocycles. The Balaban J connectivity index is 1.90. The number of nitrogens with one attached hydrogen (secondary N) is 1. The van der Waals surface area contributed by atoms with Crippen molar-refractivity contribution < 1.29 is 8.42 Å². The van der Waals surface area contributed by atoms with E-state index in [-0.39, 0.29) is 10.9 Å². The normalized spacial score (nSPS) is 18.9. The van der Waals surface area contributed by atoms with E-state index in [0.29, 0.717) is 0 Å². The fourth-order valence-electron chi connectivity index (χ4n) is 2.80. The maximum Gasteiger partial charge on any atom is 0.238 e. The summed E-state index contributed by atoms with van der Waals surface area (Å²) in [6.07, 6.45) is 6.72. The molecule has 20 heavy (non-hydrogen) atoms. The summed E-state index contributed by atoms with van der Waals surface area (Å²) < 4.78 is 22.4. The Bertz CT molecular complexity index is 519. The van der Waals surface area contributed by atoms with Gasteiger partial charge in [0.1, 0.15) is 0 Å². The third-order valence-electron chi connectivity index (χ3n) is 4.15. The standard InChI is InChI=1S/C15H24N2O2S/c1-12(17-11-13-5-3-2-4-6-13)14-7-9-15(10-8-14)20(16,18)19/h7-10,12-13,17H,2-6,11H2,1H3,(H2,16,18,19). The van der Waals surface area contributed by atoms with Gasteiger partial charge in [-0.15, -0.1) is 0 Å². The summed E-state index contributed by atoms with van der Waals surface area (Å²) >= 11 is 0. The number of hydrogen-bond acceptors (Lipinski definition) is 3. The third kappa shape index (κ3) is 4.30. The maximum absolute atomic E-state index is 11.2. The van der Waals surface area contributed by atoms with Crippen LogP contribution in [0.4, 0.5) is 0 Å². The van der Waals surface area contributed by atoms with E-state index in [0.717, 1.165) is 18.0 Å². The molecule has 1 aromatic carbocycles. The zero-order valence-electron chi connectivity index (χ0n) is 12.0. The van der Waals surface area contributed by atoms with Gasteiger partial charge >= 0.3 is 0 Å². The first kappa shape index (κ1) is 15.5. The number of sulfonamides is 1. The van der Waals surface area contributed by atoms with Crippen molar-refractivity contribution >= 4 is 10.0 Å². The number of hydrogen-bond donors (Lipinski definition) is 2. The third-order valence-corrected chi connectivity index (χ3v) is 5.08. The van der Waals surface area contributed by atoms with Gasteiger partial charge in [0, 0.05) is 6.04 Å². The van der Waals surface area contributed by atoms with Crippen LogP contribution in [0.15, 0.2) is 29.2 Å². The molecule has 4 nitrogen and oxygen atoms in total. The molecule has 0 aromatic heterocycles. The number of nitrogens with two attached hydrogens (primary N) is 1. The minimum atomic E-state index is -3.60. The topological polar surface area (TPSA) is 72.2 Å². The second-order valence-electron chi connectivity index (χ2n) is 5.75. The Kier molecular flexibility index (Phi) is 5.18. The highest BCUT2D eigenvalue weighted by Gasteiger charge is 2.15. The lowest BCUT2D eigenvalue weighted by molar-refractivity contribution is 0.331. The van der Waals surface area contributed by atoms with E-state index in [2.05, 4.69) is 12.2 Å². The molecule has 0 amide bonds. The summed E-state index contributed by atoms with van der Waals surface area (Å²) in [6.45, 7) is 3.15. The maximum atomic E-state index is 11.2. The molecule has 1 unspecified atom stereocenters. The molecule has 1 fully saturated rings. The first-order valence-electron chi connectivity index (χ1n) is 7.33. The van der Waals surface area contributed by atoms with E-state index in [1.165, 1.54) is 32.1 Å². The smallest absolute Gasteiger partial charge is 0.238 e. The zero-order valence-corrected chi connectivity index (χ0v) is 12.8. The Hall–Kier alpha value is -0.910.